The lowest BCUT2D eigenvalue weighted by Gasteiger charge is -2.18. The molecular formula is C23H38O4. The Kier molecular flexibility index (Phi) is 14.3. The molecule has 0 saturated carbocycles. The minimum absolute atomic E-state index is 0.158. The molecule has 27 heavy (non-hydrogen) atoms. The summed E-state index contributed by atoms with van der Waals surface area (Å²) in [6.45, 7) is 8.53. The van der Waals surface area contributed by atoms with Crippen molar-refractivity contribution in [3.05, 3.63) is 47.6 Å². The van der Waals surface area contributed by atoms with E-state index in [4.69, 9.17) is 18.9 Å². The van der Waals surface area contributed by atoms with E-state index in [1.807, 2.05) is 30.3 Å². The fraction of sp³-hybridized carbons (Fsp3) is 0.652. The van der Waals surface area contributed by atoms with E-state index in [9.17, 15) is 0 Å². The molecule has 0 atom stereocenters. The molecule has 4 heteroatoms. The van der Waals surface area contributed by atoms with Gasteiger partial charge in [-0.1, -0.05) is 76.8 Å². The number of hydrogen-bond acceptors (Lipinski definition) is 4. The number of allylic oxidation sites excluding steroid dienone is 1. The largest absolute Gasteiger partial charge is 0.491 e. The fourth-order valence-corrected chi connectivity index (χ4v) is 2.45. The Morgan fingerprint density at radius 3 is 2.07 bits per heavy atom. The van der Waals surface area contributed by atoms with Crippen LogP contribution in [-0.4, -0.2) is 20.0 Å². The first-order valence-corrected chi connectivity index (χ1v) is 10.5. The van der Waals surface area contributed by atoms with E-state index in [0.29, 0.717) is 25.8 Å². The average molecular weight is 379 g/mol. The number of benzene rings is 1. The third-order valence-corrected chi connectivity index (χ3v) is 4.13. The summed E-state index contributed by atoms with van der Waals surface area (Å²) in [6, 6.07) is 10.1. The Balaban J connectivity index is 2.63. The lowest BCUT2D eigenvalue weighted by molar-refractivity contribution is -0.0893. The van der Waals surface area contributed by atoms with Crippen molar-refractivity contribution in [3.63, 3.8) is 0 Å². The smallest absolute Gasteiger partial charge is 0.321 e. The van der Waals surface area contributed by atoms with Gasteiger partial charge in [0, 0.05) is 6.42 Å². The summed E-state index contributed by atoms with van der Waals surface area (Å²) < 4.78 is 23.4. The monoisotopic (exact) mass is 378 g/mol. The van der Waals surface area contributed by atoms with Crippen molar-refractivity contribution in [2.75, 3.05) is 20.0 Å². The second-order valence-corrected chi connectivity index (χ2v) is 6.67. The molecule has 1 aromatic carbocycles. The van der Waals surface area contributed by atoms with Crippen molar-refractivity contribution in [2.45, 2.75) is 78.7 Å². The molecule has 0 fully saturated rings. The van der Waals surface area contributed by atoms with Gasteiger partial charge in [-0.05, 0) is 24.8 Å². The van der Waals surface area contributed by atoms with Gasteiger partial charge in [-0.15, -0.1) is 0 Å². The summed E-state index contributed by atoms with van der Waals surface area (Å²) in [5.41, 5.74) is 1.13. The minimum atomic E-state index is 0.158. The molecule has 0 saturated heterocycles. The summed E-state index contributed by atoms with van der Waals surface area (Å²) in [5, 5.41) is 0. The zero-order valence-corrected chi connectivity index (χ0v) is 17.5. The molecule has 0 spiro atoms. The SMILES string of the molecule is CCCCC/C(OCCCC)=C(\OCCCC)OCOCc1ccccc1. The molecule has 0 aliphatic rings. The van der Waals surface area contributed by atoms with E-state index in [2.05, 4.69) is 20.8 Å². The topological polar surface area (TPSA) is 36.9 Å². The van der Waals surface area contributed by atoms with Gasteiger partial charge in [-0.25, -0.2) is 0 Å². The van der Waals surface area contributed by atoms with Gasteiger partial charge in [-0.2, -0.15) is 0 Å². The van der Waals surface area contributed by atoms with Gasteiger partial charge >= 0.3 is 5.95 Å². The number of ether oxygens (including phenoxy) is 4. The second kappa shape index (κ2) is 16.5. The van der Waals surface area contributed by atoms with Crippen molar-refractivity contribution in [1.29, 1.82) is 0 Å². The van der Waals surface area contributed by atoms with Gasteiger partial charge in [0.1, 0.15) is 0 Å². The van der Waals surface area contributed by atoms with Crippen molar-refractivity contribution in [3.8, 4) is 0 Å². The molecule has 0 bridgehead atoms. The highest BCUT2D eigenvalue weighted by molar-refractivity contribution is 5.13. The molecule has 1 rings (SSSR count). The first-order chi connectivity index (χ1) is 13.3. The van der Waals surface area contributed by atoms with Crippen LogP contribution in [0.3, 0.4) is 0 Å². The van der Waals surface area contributed by atoms with Gasteiger partial charge in [-0.3, -0.25) is 0 Å². The van der Waals surface area contributed by atoms with E-state index in [1.165, 1.54) is 12.8 Å². The molecule has 0 amide bonds. The number of hydrogen-bond donors (Lipinski definition) is 0. The maximum Gasteiger partial charge on any atom is 0.321 e. The van der Waals surface area contributed by atoms with Crippen LogP contribution >= 0.6 is 0 Å². The van der Waals surface area contributed by atoms with E-state index in [0.717, 1.165) is 49.8 Å². The first-order valence-electron chi connectivity index (χ1n) is 10.5. The van der Waals surface area contributed by atoms with Crippen LogP contribution in [0.4, 0.5) is 0 Å². The zero-order valence-electron chi connectivity index (χ0n) is 17.5. The Hall–Kier alpha value is -1.68. The third-order valence-electron chi connectivity index (χ3n) is 4.13. The van der Waals surface area contributed by atoms with Crippen LogP contribution in [0.5, 0.6) is 0 Å². The van der Waals surface area contributed by atoms with Crippen LogP contribution in [-0.2, 0) is 25.6 Å². The fourth-order valence-electron chi connectivity index (χ4n) is 2.45. The predicted octanol–water partition coefficient (Wildman–Crippen LogP) is 6.56. The zero-order chi connectivity index (χ0) is 19.6. The van der Waals surface area contributed by atoms with Gasteiger partial charge < -0.3 is 18.9 Å². The Labute approximate surface area is 165 Å². The summed E-state index contributed by atoms with van der Waals surface area (Å²) in [7, 11) is 0. The minimum Gasteiger partial charge on any atom is -0.491 e. The average Bonchev–Trinajstić information content (AvgIpc) is 2.70. The molecule has 4 nitrogen and oxygen atoms in total. The van der Waals surface area contributed by atoms with Crippen molar-refractivity contribution in [1.82, 2.24) is 0 Å². The highest BCUT2D eigenvalue weighted by Gasteiger charge is 2.13. The lowest BCUT2D eigenvalue weighted by atomic mass is 10.2. The van der Waals surface area contributed by atoms with E-state index >= 15 is 0 Å². The Bertz CT molecular complexity index is 472. The summed E-state index contributed by atoms with van der Waals surface area (Å²) in [5.74, 6) is 1.33. The van der Waals surface area contributed by atoms with E-state index < -0.39 is 0 Å². The standard InChI is InChI=1S/C23H38O4/c1-4-7-11-16-22(25-17-8-5-2)23(26-18-9-6-3)27-20-24-19-21-14-12-10-13-15-21/h10,12-15H,4-9,11,16-20H2,1-3H3/b23-22-. The van der Waals surface area contributed by atoms with E-state index in [1.54, 1.807) is 0 Å². The van der Waals surface area contributed by atoms with Gasteiger partial charge in [0.05, 0.1) is 19.8 Å². The summed E-state index contributed by atoms with van der Waals surface area (Å²) in [6.07, 6.45) is 8.49. The molecule has 0 aliphatic carbocycles. The highest BCUT2D eigenvalue weighted by Crippen LogP contribution is 2.19. The van der Waals surface area contributed by atoms with E-state index in [-0.39, 0.29) is 6.79 Å². The number of rotatable bonds is 17. The molecule has 0 N–H and O–H groups in total. The maximum absolute atomic E-state index is 6.01. The van der Waals surface area contributed by atoms with Crippen molar-refractivity contribution in [2.24, 2.45) is 0 Å². The van der Waals surface area contributed by atoms with Crippen LogP contribution in [0.2, 0.25) is 0 Å². The predicted molar refractivity (Wildman–Crippen MR) is 110 cm³/mol. The second-order valence-electron chi connectivity index (χ2n) is 6.67. The van der Waals surface area contributed by atoms with Crippen molar-refractivity contribution < 1.29 is 18.9 Å². The summed E-state index contributed by atoms with van der Waals surface area (Å²) in [4.78, 5) is 0. The Morgan fingerprint density at radius 1 is 0.741 bits per heavy atom. The normalized spacial score (nSPS) is 11.8. The highest BCUT2D eigenvalue weighted by atomic mass is 16.7. The molecule has 0 unspecified atom stereocenters. The number of unbranched alkanes of at least 4 members (excludes halogenated alkanes) is 4. The van der Waals surface area contributed by atoms with Crippen LogP contribution in [0, 0.1) is 0 Å². The molecule has 0 radical (unpaired) electrons. The maximum atomic E-state index is 6.01. The molecular weight excluding hydrogens is 340 g/mol. The quantitative estimate of drug-likeness (QED) is 0.175. The summed E-state index contributed by atoms with van der Waals surface area (Å²) >= 11 is 0. The van der Waals surface area contributed by atoms with Crippen molar-refractivity contribution >= 4 is 0 Å². The van der Waals surface area contributed by atoms with Gasteiger partial charge in [0.25, 0.3) is 0 Å². The molecule has 0 heterocycles. The molecule has 154 valence electrons. The van der Waals surface area contributed by atoms with Crippen LogP contribution in [0.15, 0.2) is 42.0 Å². The molecule has 0 aromatic heterocycles. The third kappa shape index (κ3) is 11.6. The van der Waals surface area contributed by atoms with Crippen LogP contribution in [0.1, 0.15) is 77.7 Å². The molecule has 1 aromatic rings. The Morgan fingerprint density at radius 2 is 1.41 bits per heavy atom. The van der Waals surface area contributed by atoms with Crippen LogP contribution in [0.25, 0.3) is 0 Å². The molecule has 0 aliphatic heterocycles. The van der Waals surface area contributed by atoms with Gasteiger partial charge in [0.2, 0.25) is 0 Å². The lowest BCUT2D eigenvalue weighted by Crippen LogP contribution is -2.10. The van der Waals surface area contributed by atoms with Gasteiger partial charge in [0.15, 0.2) is 12.6 Å². The van der Waals surface area contributed by atoms with Crippen LogP contribution < -0.4 is 0 Å². The first kappa shape index (κ1) is 23.4.